The van der Waals surface area contributed by atoms with Crippen LogP contribution < -0.4 is 4.74 Å². The van der Waals surface area contributed by atoms with Gasteiger partial charge in [0.15, 0.2) is 9.84 Å². The third-order valence-corrected chi connectivity index (χ3v) is 5.17. The Kier molecular flexibility index (Phi) is 4.18. The van der Waals surface area contributed by atoms with E-state index < -0.39 is 9.84 Å². The maximum absolute atomic E-state index is 11.5. The number of ether oxygens (including phenoxy) is 1. The molecule has 0 bridgehead atoms. The highest BCUT2D eigenvalue weighted by molar-refractivity contribution is 7.90. The summed E-state index contributed by atoms with van der Waals surface area (Å²) in [4.78, 5) is 4.74. The molecular formula is C15H15N3O3S2. The molecule has 0 atom stereocenters. The highest BCUT2D eigenvalue weighted by Gasteiger charge is 2.10. The van der Waals surface area contributed by atoms with Crippen molar-refractivity contribution >= 4 is 21.2 Å². The van der Waals surface area contributed by atoms with Crippen molar-refractivity contribution in [3.8, 4) is 16.3 Å². The van der Waals surface area contributed by atoms with Gasteiger partial charge in [0.1, 0.15) is 17.4 Å². The van der Waals surface area contributed by atoms with Crippen LogP contribution >= 0.6 is 11.3 Å². The lowest BCUT2D eigenvalue weighted by atomic mass is 10.3. The average molecular weight is 349 g/mol. The topological polar surface area (TPSA) is 74.1 Å². The molecule has 0 amide bonds. The molecule has 0 unspecified atom stereocenters. The normalized spacial score (nSPS) is 11.6. The minimum atomic E-state index is -3.24. The number of sulfone groups is 1. The molecule has 0 N–H and O–H groups in total. The summed E-state index contributed by atoms with van der Waals surface area (Å²) in [7, 11) is -1.38. The Morgan fingerprint density at radius 3 is 2.87 bits per heavy atom. The first-order valence-electron chi connectivity index (χ1n) is 6.78. The van der Waals surface area contributed by atoms with Crippen LogP contribution in [0.5, 0.6) is 5.75 Å². The van der Waals surface area contributed by atoms with E-state index in [2.05, 4.69) is 10.1 Å². The third-order valence-electron chi connectivity index (χ3n) is 3.12. The van der Waals surface area contributed by atoms with Gasteiger partial charge in [0.05, 0.1) is 16.8 Å². The maximum Gasteiger partial charge on any atom is 0.175 e. The van der Waals surface area contributed by atoms with Gasteiger partial charge in [0, 0.05) is 30.4 Å². The molecule has 0 aliphatic rings. The number of rotatable bonds is 5. The summed E-state index contributed by atoms with van der Waals surface area (Å²) in [6.45, 7) is 0.282. The van der Waals surface area contributed by atoms with Gasteiger partial charge in [0.25, 0.3) is 0 Å². The fourth-order valence-electron chi connectivity index (χ4n) is 1.99. The number of aryl methyl sites for hydroxylation is 1. The smallest absolute Gasteiger partial charge is 0.175 e. The zero-order valence-corrected chi connectivity index (χ0v) is 14.3. The molecule has 6 nitrogen and oxygen atoms in total. The molecule has 0 saturated heterocycles. The standard InChI is InChI=1S/C15H15N3O3S2/c1-18-8-11(7-16-18)15-17-12(10-22-15)9-21-13-4-3-5-14(6-13)23(2,19)20/h3-8,10H,9H2,1-2H3. The van der Waals surface area contributed by atoms with Crippen molar-refractivity contribution < 1.29 is 13.2 Å². The minimum Gasteiger partial charge on any atom is -0.487 e. The first-order valence-corrected chi connectivity index (χ1v) is 9.55. The van der Waals surface area contributed by atoms with Crippen molar-refractivity contribution in [1.82, 2.24) is 14.8 Å². The SMILES string of the molecule is Cn1cc(-c2nc(COc3cccc(S(C)(=O)=O)c3)cs2)cn1. The fraction of sp³-hybridized carbons (Fsp3) is 0.200. The molecule has 8 heteroatoms. The van der Waals surface area contributed by atoms with Gasteiger partial charge in [-0.25, -0.2) is 13.4 Å². The molecule has 0 fully saturated rings. The molecule has 120 valence electrons. The average Bonchev–Trinajstić information content (AvgIpc) is 3.13. The second-order valence-corrected chi connectivity index (χ2v) is 7.96. The second kappa shape index (κ2) is 6.13. The first kappa shape index (κ1) is 15.7. The lowest BCUT2D eigenvalue weighted by molar-refractivity contribution is 0.301. The number of nitrogens with zero attached hydrogens (tertiary/aromatic N) is 3. The summed E-state index contributed by atoms with van der Waals surface area (Å²) in [5.41, 5.74) is 1.75. The van der Waals surface area contributed by atoms with E-state index in [-0.39, 0.29) is 11.5 Å². The number of hydrogen-bond donors (Lipinski definition) is 0. The number of thiazole rings is 1. The molecule has 2 heterocycles. The van der Waals surface area contributed by atoms with Gasteiger partial charge in [-0.1, -0.05) is 6.07 Å². The monoisotopic (exact) mass is 349 g/mol. The third kappa shape index (κ3) is 3.77. The summed E-state index contributed by atoms with van der Waals surface area (Å²) in [5, 5.41) is 6.92. The Labute approximate surface area is 138 Å². The van der Waals surface area contributed by atoms with Crippen molar-refractivity contribution in [3.63, 3.8) is 0 Å². The van der Waals surface area contributed by atoms with E-state index in [4.69, 9.17) is 4.74 Å². The zero-order chi connectivity index (χ0) is 16.4. The van der Waals surface area contributed by atoms with Gasteiger partial charge in [-0.2, -0.15) is 5.10 Å². The van der Waals surface area contributed by atoms with Crippen LogP contribution in [0.1, 0.15) is 5.69 Å². The van der Waals surface area contributed by atoms with Gasteiger partial charge in [0.2, 0.25) is 0 Å². The molecule has 0 aliphatic carbocycles. The van der Waals surface area contributed by atoms with Crippen LogP contribution in [-0.2, 0) is 23.5 Å². The molecule has 0 radical (unpaired) electrons. The van der Waals surface area contributed by atoms with Crippen molar-refractivity contribution in [1.29, 1.82) is 0 Å². The highest BCUT2D eigenvalue weighted by atomic mass is 32.2. The van der Waals surface area contributed by atoms with E-state index >= 15 is 0 Å². The Bertz CT molecular complexity index is 929. The maximum atomic E-state index is 11.5. The summed E-state index contributed by atoms with van der Waals surface area (Å²) >= 11 is 1.52. The van der Waals surface area contributed by atoms with Crippen LogP contribution in [-0.4, -0.2) is 29.4 Å². The fourth-order valence-corrected chi connectivity index (χ4v) is 3.43. The molecule has 3 aromatic rings. The van der Waals surface area contributed by atoms with E-state index in [0.717, 1.165) is 16.3 Å². The molecule has 2 aromatic heterocycles. The molecule has 0 spiro atoms. The van der Waals surface area contributed by atoms with Gasteiger partial charge in [-0.05, 0) is 18.2 Å². The molecular weight excluding hydrogens is 334 g/mol. The van der Waals surface area contributed by atoms with Crippen LogP contribution in [0.3, 0.4) is 0 Å². The van der Waals surface area contributed by atoms with E-state index in [1.54, 1.807) is 29.1 Å². The second-order valence-electron chi connectivity index (χ2n) is 5.08. The molecule has 1 aromatic carbocycles. The Balaban J connectivity index is 1.71. The highest BCUT2D eigenvalue weighted by Crippen LogP contribution is 2.24. The zero-order valence-electron chi connectivity index (χ0n) is 12.6. The predicted octanol–water partition coefficient (Wildman–Crippen LogP) is 2.53. The minimum absolute atomic E-state index is 0.240. The van der Waals surface area contributed by atoms with Crippen LogP contribution in [0.4, 0.5) is 0 Å². The number of hydrogen-bond acceptors (Lipinski definition) is 6. The summed E-state index contributed by atoms with van der Waals surface area (Å²) < 4.78 is 30.5. The lowest BCUT2D eigenvalue weighted by Gasteiger charge is -2.05. The Morgan fingerprint density at radius 1 is 1.35 bits per heavy atom. The van der Waals surface area contributed by atoms with Crippen LogP contribution in [0.2, 0.25) is 0 Å². The Morgan fingerprint density at radius 2 is 2.17 bits per heavy atom. The largest absolute Gasteiger partial charge is 0.487 e. The lowest BCUT2D eigenvalue weighted by Crippen LogP contribution is -1.99. The van der Waals surface area contributed by atoms with E-state index in [1.165, 1.54) is 23.7 Å². The van der Waals surface area contributed by atoms with Gasteiger partial charge < -0.3 is 4.74 Å². The van der Waals surface area contributed by atoms with E-state index in [1.807, 2.05) is 18.6 Å². The predicted molar refractivity (Wildman–Crippen MR) is 88.2 cm³/mol. The van der Waals surface area contributed by atoms with Crippen molar-refractivity contribution in [2.45, 2.75) is 11.5 Å². The molecule has 3 rings (SSSR count). The van der Waals surface area contributed by atoms with Gasteiger partial charge in [-0.3, -0.25) is 4.68 Å². The van der Waals surface area contributed by atoms with Crippen LogP contribution in [0.15, 0.2) is 46.9 Å². The Hall–Kier alpha value is -2.19. The van der Waals surface area contributed by atoms with Crippen LogP contribution in [0, 0.1) is 0 Å². The van der Waals surface area contributed by atoms with Gasteiger partial charge in [-0.15, -0.1) is 11.3 Å². The summed E-state index contributed by atoms with van der Waals surface area (Å²) in [6.07, 6.45) is 4.84. The number of benzene rings is 1. The van der Waals surface area contributed by atoms with E-state index in [0.29, 0.717) is 5.75 Å². The van der Waals surface area contributed by atoms with Crippen LogP contribution in [0.25, 0.3) is 10.6 Å². The van der Waals surface area contributed by atoms with Crippen molar-refractivity contribution in [2.24, 2.45) is 7.05 Å². The van der Waals surface area contributed by atoms with Crippen molar-refractivity contribution in [3.05, 3.63) is 47.7 Å². The molecule has 0 aliphatic heterocycles. The van der Waals surface area contributed by atoms with Crippen molar-refractivity contribution in [2.75, 3.05) is 6.26 Å². The molecule has 0 saturated carbocycles. The molecule has 23 heavy (non-hydrogen) atoms. The first-order chi connectivity index (χ1) is 10.9. The summed E-state index contributed by atoms with van der Waals surface area (Å²) in [5.74, 6) is 0.504. The summed E-state index contributed by atoms with van der Waals surface area (Å²) in [6, 6.07) is 6.45. The van der Waals surface area contributed by atoms with E-state index in [9.17, 15) is 8.42 Å². The van der Waals surface area contributed by atoms with Gasteiger partial charge >= 0.3 is 0 Å². The quantitative estimate of drug-likeness (QED) is 0.708. The number of aromatic nitrogens is 3.